The summed E-state index contributed by atoms with van der Waals surface area (Å²) in [5.41, 5.74) is 0.665. The highest BCUT2D eigenvalue weighted by Gasteiger charge is 2.27. The van der Waals surface area contributed by atoms with Crippen molar-refractivity contribution in [3.63, 3.8) is 0 Å². The number of benzene rings is 1. The average Bonchev–Trinajstić information content (AvgIpc) is 2.89. The van der Waals surface area contributed by atoms with E-state index in [2.05, 4.69) is 22.5 Å². The Morgan fingerprint density at radius 3 is 2.74 bits per heavy atom. The monoisotopic (exact) mass is 341 g/mol. The minimum atomic E-state index is 0.0512. The van der Waals surface area contributed by atoms with Crippen LogP contribution in [0.3, 0.4) is 0 Å². The lowest BCUT2D eigenvalue weighted by molar-refractivity contribution is 0.0705. The topological polar surface area (TPSA) is 20.3 Å². The van der Waals surface area contributed by atoms with Gasteiger partial charge in [-0.05, 0) is 47.0 Å². The van der Waals surface area contributed by atoms with E-state index in [-0.39, 0.29) is 5.91 Å². The summed E-state index contributed by atoms with van der Waals surface area (Å²) < 4.78 is 0.747. The summed E-state index contributed by atoms with van der Waals surface area (Å²) in [5.74, 6) is 0.0512. The van der Waals surface area contributed by atoms with Crippen LogP contribution in [0.2, 0.25) is 5.02 Å². The van der Waals surface area contributed by atoms with Crippen molar-refractivity contribution in [2.45, 2.75) is 31.7 Å². The van der Waals surface area contributed by atoms with Gasteiger partial charge < -0.3 is 4.90 Å². The van der Waals surface area contributed by atoms with Gasteiger partial charge in [-0.2, -0.15) is 0 Å². The average molecular weight is 343 g/mol. The van der Waals surface area contributed by atoms with Gasteiger partial charge in [-0.25, -0.2) is 0 Å². The fourth-order valence-corrected chi connectivity index (χ4v) is 3.42. The van der Waals surface area contributed by atoms with Crippen molar-refractivity contribution in [3.8, 4) is 0 Å². The summed E-state index contributed by atoms with van der Waals surface area (Å²) >= 11 is 9.34. The molecule has 0 heterocycles. The first-order chi connectivity index (χ1) is 9.13. The number of amides is 1. The molecule has 4 heteroatoms. The largest absolute Gasteiger partial charge is 0.332 e. The molecule has 1 aliphatic carbocycles. The van der Waals surface area contributed by atoms with Crippen LogP contribution in [0, 0.1) is 0 Å². The lowest BCUT2D eigenvalue weighted by Crippen LogP contribution is -2.39. The molecule has 1 aromatic carbocycles. The van der Waals surface area contributed by atoms with Gasteiger partial charge in [0.25, 0.3) is 5.91 Å². The normalized spacial score (nSPS) is 15.5. The zero-order valence-corrected chi connectivity index (χ0v) is 13.1. The second-order valence-corrected chi connectivity index (χ2v) is 6.10. The van der Waals surface area contributed by atoms with Crippen LogP contribution in [0.25, 0.3) is 0 Å². The van der Waals surface area contributed by atoms with Gasteiger partial charge in [0.05, 0.1) is 5.56 Å². The minimum absolute atomic E-state index is 0.0512. The van der Waals surface area contributed by atoms with Crippen molar-refractivity contribution in [2.75, 3.05) is 6.54 Å². The Labute approximate surface area is 127 Å². The highest BCUT2D eigenvalue weighted by Crippen LogP contribution is 2.28. The second kappa shape index (κ2) is 6.58. The van der Waals surface area contributed by atoms with Crippen LogP contribution >= 0.6 is 27.5 Å². The Bertz CT molecular complexity index is 483. The van der Waals surface area contributed by atoms with E-state index in [4.69, 9.17) is 11.6 Å². The Hall–Kier alpha value is -0.800. The molecule has 102 valence electrons. The fraction of sp³-hybridized carbons (Fsp3) is 0.400. The molecule has 1 amide bonds. The molecule has 0 radical (unpaired) electrons. The maximum Gasteiger partial charge on any atom is 0.255 e. The van der Waals surface area contributed by atoms with Crippen LogP contribution in [-0.2, 0) is 0 Å². The molecule has 0 bridgehead atoms. The molecular formula is C15H17BrClNO. The van der Waals surface area contributed by atoms with Crippen molar-refractivity contribution < 1.29 is 4.79 Å². The Morgan fingerprint density at radius 2 is 2.16 bits per heavy atom. The highest BCUT2D eigenvalue weighted by atomic mass is 79.9. The molecule has 1 aromatic rings. The standard InChI is InChI=1S/C15H17BrClNO/c1-2-9-18(12-5-3-4-6-12)15(19)13-8-7-11(17)10-14(13)16/h2,7-8,10,12H,1,3-6,9H2. The van der Waals surface area contributed by atoms with E-state index in [9.17, 15) is 4.79 Å². The molecular weight excluding hydrogens is 326 g/mol. The number of rotatable bonds is 4. The minimum Gasteiger partial charge on any atom is -0.332 e. The van der Waals surface area contributed by atoms with Crippen LogP contribution in [0.15, 0.2) is 35.3 Å². The number of hydrogen-bond donors (Lipinski definition) is 0. The first-order valence-corrected chi connectivity index (χ1v) is 7.67. The van der Waals surface area contributed by atoms with Gasteiger partial charge in [0, 0.05) is 22.1 Å². The van der Waals surface area contributed by atoms with Crippen molar-refractivity contribution in [3.05, 3.63) is 45.9 Å². The molecule has 0 N–H and O–H groups in total. The molecule has 0 aromatic heterocycles. The molecule has 1 fully saturated rings. The molecule has 0 unspecified atom stereocenters. The summed E-state index contributed by atoms with van der Waals surface area (Å²) in [7, 11) is 0. The molecule has 0 saturated heterocycles. The maximum atomic E-state index is 12.7. The Morgan fingerprint density at radius 1 is 1.47 bits per heavy atom. The first kappa shape index (κ1) is 14.6. The zero-order chi connectivity index (χ0) is 13.8. The number of nitrogens with zero attached hydrogens (tertiary/aromatic N) is 1. The smallest absolute Gasteiger partial charge is 0.255 e. The predicted molar refractivity (Wildman–Crippen MR) is 82.6 cm³/mol. The van der Waals surface area contributed by atoms with Crippen LogP contribution in [0.4, 0.5) is 0 Å². The van der Waals surface area contributed by atoms with Crippen LogP contribution in [0.5, 0.6) is 0 Å². The highest BCUT2D eigenvalue weighted by molar-refractivity contribution is 9.10. The van der Waals surface area contributed by atoms with E-state index in [1.54, 1.807) is 24.3 Å². The van der Waals surface area contributed by atoms with Gasteiger partial charge in [0.1, 0.15) is 0 Å². The second-order valence-electron chi connectivity index (χ2n) is 4.81. The summed E-state index contributed by atoms with van der Waals surface area (Å²) in [6.45, 7) is 4.35. The summed E-state index contributed by atoms with van der Waals surface area (Å²) in [4.78, 5) is 14.6. The first-order valence-electron chi connectivity index (χ1n) is 6.50. The molecule has 2 nitrogen and oxygen atoms in total. The zero-order valence-electron chi connectivity index (χ0n) is 10.7. The fourth-order valence-electron chi connectivity index (χ4n) is 2.57. The maximum absolute atomic E-state index is 12.7. The van der Waals surface area contributed by atoms with Gasteiger partial charge >= 0.3 is 0 Å². The number of carbonyl (C=O) groups is 1. The number of hydrogen-bond acceptors (Lipinski definition) is 1. The molecule has 0 spiro atoms. The third kappa shape index (κ3) is 3.40. The van der Waals surface area contributed by atoms with E-state index >= 15 is 0 Å². The van der Waals surface area contributed by atoms with Gasteiger partial charge in [-0.3, -0.25) is 4.79 Å². The van der Waals surface area contributed by atoms with Crippen LogP contribution in [-0.4, -0.2) is 23.4 Å². The SMILES string of the molecule is C=CCN(C(=O)c1ccc(Cl)cc1Br)C1CCCC1. The molecule has 2 rings (SSSR count). The summed E-state index contributed by atoms with van der Waals surface area (Å²) in [5, 5.41) is 0.625. The third-order valence-corrected chi connectivity index (χ3v) is 4.40. The molecule has 0 aliphatic heterocycles. The Kier molecular flexibility index (Phi) is 5.06. The van der Waals surface area contributed by atoms with Gasteiger partial charge in [-0.15, -0.1) is 6.58 Å². The molecule has 1 aliphatic rings. The van der Waals surface area contributed by atoms with E-state index in [0.717, 1.165) is 17.3 Å². The third-order valence-electron chi connectivity index (χ3n) is 3.51. The lowest BCUT2D eigenvalue weighted by atomic mass is 10.1. The molecule has 1 saturated carbocycles. The van der Waals surface area contributed by atoms with E-state index in [1.165, 1.54) is 12.8 Å². The lowest BCUT2D eigenvalue weighted by Gasteiger charge is -2.28. The van der Waals surface area contributed by atoms with E-state index in [0.29, 0.717) is 23.2 Å². The number of halogens is 2. The quantitative estimate of drug-likeness (QED) is 0.728. The molecule has 0 atom stereocenters. The predicted octanol–water partition coefficient (Wildman–Crippen LogP) is 4.67. The van der Waals surface area contributed by atoms with Gasteiger partial charge in [0.2, 0.25) is 0 Å². The van der Waals surface area contributed by atoms with Gasteiger partial charge in [-0.1, -0.05) is 30.5 Å². The summed E-state index contributed by atoms with van der Waals surface area (Å²) in [6, 6.07) is 5.63. The van der Waals surface area contributed by atoms with Crippen molar-refractivity contribution in [1.29, 1.82) is 0 Å². The summed E-state index contributed by atoms with van der Waals surface area (Å²) in [6.07, 6.45) is 6.37. The van der Waals surface area contributed by atoms with Crippen LogP contribution < -0.4 is 0 Å². The van der Waals surface area contributed by atoms with Gasteiger partial charge in [0.15, 0.2) is 0 Å². The van der Waals surface area contributed by atoms with Crippen molar-refractivity contribution in [1.82, 2.24) is 4.90 Å². The van der Waals surface area contributed by atoms with E-state index < -0.39 is 0 Å². The Balaban J connectivity index is 2.25. The number of carbonyl (C=O) groups excluding carboxylic acids is 1. The van der Waals surface area contributed by atoms with Crippen molar-refractivity contribution in [2.24, 2.45) is 0 Å². The van der Waals surface area contributed by atoms with Crippen LogP contribution in [0.1, 0.15) is 36.0 Å². The van der Waals surface area contributed by atoms with Crippen molar-refractivity contribution >= 4 is 33.4 Å². The van der Waals surface area contributed by atoms with E-state index in [1.807, 2.05) is 4.90 Å². The molecule has 19 heavy (non-hydrogen) atoms.